The summed E-state index contributed by atoms with van der Waals surface area (Å²) in [5.74, 6) is 0. The van der Waals surface area contributed by atoms with Crippen LogP contribution < -0.4 is 10.6 Å². The Morgan fingerprint density at radius 1 is 1.19 bits per heavy atom. The average molecular weight is 370 g/mol. The van der Waals surface area contributed by atoms with Crippen LogP contribution in [0, 0.1) is 0 Å². The minimum Gasteiger partial charge on any atom is -0.317 e. The van der Waals surface area contributed by atoms with E-state index in [4.69, 9.17) is 0 Å². The number of hydrogen-bond donors (Lipinski definition) is 2. The molecule has 0 radical (unpaired) electrons. The second-order valence-corrected chi connectivity index (χ2v) is 7.38. The van der Waals surface area contributed by atoms with Crippen LogP contribution in [0.4, 0.5) is 0 Å². The molecule has 0 spiro atoms. The van der Waals surface area contributed by atoms with Gasteiger partial charge in [0.1, 0.15) is 0 Å². The first kappa shape index (κ1) is 14.6. The second kappa shape index (κ2) is 8.64. The Bertz CT molecular complexity index is 302. The van der Waals surface area contributed by atoms with Gasteiger partial charge in [-0.15, -0.1) is 11.3 Å². The highest BCUT2D eigenvalue weighted by atomic mass is 79.9. The highest BCUT2D eigenvalue weighted by Crippen LogP contribution is 2.31. The lowest BCUT2D eigenvalue weighted by atomic mass is 10.3. The van der Waals surface area contributed by atoms with Crippen molar-refractivity contribution in [2.75, 3.05) is 19.6 Å². The molecule has 92 valence electrons. The molecule has 0 unspecified atom stereocenters. The highest BCUT2D eigenvalue weighted by molar-refractivity contribution is 9.12. The van der Waals surface area contributed by atoms with Gasteiger partial charge in [-0.3, -0.25) is 0 Å². The van der Waals surface area contributed by atoms with Gasteiger partial charge in [-0.05, 0) is 76.0 Å². The van der Waals surface area contributed by atoms with E-state index in [0.717, 1.165) is 26.2 Å². The van der Waals surface area contributed by atoms with E-state index >= 15 is 0 Å². The number of hydrogen-bond acceptors (Lipinski definition) is 3. The number of halogens is 2. The number of rotatable bonds is 8. The monoisotopic (exact) mass is 368 g/mol. The molecule has 0 atom stereocenters. The molecule has 1 aromatic heterocycles. The van der Waals surface area contributed by atoms with Crippen LogP contribution in [0.3, 0.4) is 0 Å². The molecule has 0 amide bonds. The van der Waals surface area contributed by atoms with Crippen LogP contribution >= 0.6 is 43.2 Å². The fourth-order valence-electron chi connectivity index (χ4n) is 1.36. The lowest BCUT2D eigenvalue weighted by molar-refractivity contribution is 0.592. The Labute approximate surface area is 118 Å². The molecule has 0 fully saturated rings. The molecule has 0 aliphatic heterocycles. The van der Waals surface area contributed by atoms with Crippen LogP contribution in [0.1, 0.15) is 25.3 Å². The molecule has 0 aromatic carbocycles. The molecular formula is C11H18Br2N2S. The molecule has 0 bridgehead atoms. The Morgan fingerprint density at radius 2 is 1.94 bits per heavy atom. The van der Waals surface area contributed by atoms with Gasteiger partial charge in [-0.1, -0.05) is 6.92 Å². The molecular weight excluding hydrogens is 352 g/mol. The fourth-order valence-corrected chi connectivity index (χ4v) is 4.18. The van der Waals surface area contributed by atoms with E-state index in [1.165, 1.54) is 26.0 Å². The van der Waals surface area contributed by atoms with E-state index in [1.54, 1.807) is 11.3 Å². The van der Waals surface area contributed by atoms with Crippen molar-refractivity contribution >= 4 is 43.2 Å². The van der Waals surface area contributed by atoms with Crippen LogP contribution in [-0.2, 0) is 6.54 Å². The largest absolute Gasteiger partial charge is 0.317 e. The molecule has 1 rings (SSSR count). The van der Waals surface area contributed by atoms with Crippen LogP contribution in [0.5, 0.6) is 0 Å². The molecule has 1 heterocycles. The van der Waals surface area contributed by atoms with Gasteiger partial charge in [-0.25, -0.2) is 0 Å². The van der Waals surface area contributed by atoms with E-state index in [9.17, 15) is 0 Å². The summed E-state index contributed by atoms with van der Waals surface area (Å²) < 4.78 is 2.40. The van der Waals surface area contributed by atoms with Gasteiger partial charge in [0.2, 0.25) is 0 Å². The standard InChI is InChI=1S/C11H18Br2N2S/c1-2-4-14-5-3-6-15-8-9-7-10(12)16-11(9)13/h7,14-15H,2-6,8H2,1H3. The summed E-state index contributed by atoms with van der Waals surface area (Å²) in [5.41, 5.74) is 1.33. The maximum absolute atomic E-state index is 3.56. The first-order valence-corrected chi connectivity index (χ1v) is 7.99. The predicted molar refractivity (Wildman–Crippen MR) is 79.2 cm³/mol. The topological polar surface area (TPSA) is 24.1 Å². The third-order valence-electron chi connectivity index (χ3n) is 2.18. The Kier molecular flexibility index (Phi) is 7.90. The lowest BCUT2D eigenvalue weighted by Crippen LogP contribution is -2.22. The first-order valence-electron chi connectivity index (χ1n) is 5.59. The van der Waals surface area contributed by atoms with Gasteiger partial charge in [0.25, 0.3) is 0 Å². The van der Waals surface area contributed by atoms with Crippen molar-refractivity contribution in [2.45, 2.75) is 26.3 Å². The summed E-state index contributed by atoms with van der Waals surface area (Å²) in [6.07, 6.45) is 2.40. The lowest BCUT2D eigenvalue weighted by Gasteiger charge is -2.04. The maximum atomic E-state index is 3.56. The summed E-state index contributed by atoms with van der Waals surface area (Å²) >= 11 is 8.77. The van der Waals surface area contributed by atoms with E-state index in [0.29, 0.717) is 0 Å². The van der Waals surface area contributed by atoms with Crippen molar-refractivity contribution in [3.8, 4) is 0 Å². The van der Waals surface area contributed by atoms with Crippen LogP contribution in [0.25, 0.3) is 0 Å². The van der Waals surface area contributed by atoms with Crippen LogP contribution in [-0.4, -0.2) is 19.6 Å². The molecule has 5 heteroatoms. The maximum Gasteiger partial charge on any atom is 0.0755 e. The second-order valence-electron chi connectivity index (χ2n) is 3.63. The minimum atomic E-state index is 0.941. The molecule has 2 N–H and O–H groups in total. The third kappa shape index (κ3) is 5.77. The third-order valence-corrected chi connectivity index (χ3v) is 4.64. The molecule has 16 heavy (non-hydrogen) atoms. The SMILES string of the molecule is CCCNCCCNCc1cc(Br)sc1Br. The molecule has 0 saturated heterocycles. The fraction of sp³-hybridized carbons (Fsp3) is 0.636. The number of nitrogens with one attached hydrogen (secondary N) is 2. The Hall–Kier alpha value is 0.580. The normalized spacial score (nSPS) is 10.9. The zero-order valence-electron chi connectivity index (χ0n) is 9.48. The Morgan fingerprint density at radius 3 is 2.56 bits per heavy atom. The zero-order chi connectivity index (χ0) is 11.8. The van der Waals surface area contributed by atoms with Crippen molar-refractivity contribution < 1.29 is 0 Å². The molecule has 2 nitrogen and oxygen atoms in total. The first-order chi connectivity index (χ1) is 7.74. The van der Waals surface area contributed by atoms with Gasteiger partial charge in [-0.2, -0.15) is 0 Å². The van der Waals surface area contributed by atoms with Crippen LogP contribution in [0.2, 0.25) is 0 Å². The smallest absolute Gasteiger partial charge is 0.0755 e. The van der Waals surface area contributed by atoms with E-state index in [-0.39, 0.29) is 0 Å². The van der Waals surface area contributed by atoms with Gasteiger partial charge in [0.05, 0.1) is 7.57 Å². The summed E-state index contributed by atoms with van der Waals surface area (Å²) in [6, 6.07) is 2.16. The predicted octanol–water partition coefficient (Wildman–Crippen LogP) is 3.75. The summed E-state index contributed by atoms with van der Waals surface area (Å²) in [7, 11) is 0. The van der Waals surface area contributed by atoms with E-state index in [2.05, 4.69) is 55.5 Å². The quantitative estimate of drug-likeness (QED) is 0.682. The molecule has 0 saturated carbocycles. The highest BCUT2D eigenvalue weighted by Gasteiger charge is 2.03. The molecule has 0 aliphatic carbocycles. The van der Waals surface area contributed by atoms with Crippen molar-refractivity contribution in [3.05, 3.63) is 19.2 Å². The minimum absolute atomic E-state index is 0.941. The summed E-state index contributed by atoms with van der Waals surface area (Å²) in [4.78, 5) is 0. The van der Waals surface area contributed by atoms with Gasteiger partial charge < -0.3 is 10.6 Å². The summed E-state index contributed by atoms with van der Waals surface area (Å²) in [6.45, 7) is 6.43. The van der Waals surface area contributed by atoms with Gasteiger partial charge in [0.15, 0.2) is 0 Å². The van der Waals surface area contributed by atoms with Gasteiger partial charge in [0, 0.05) is 6.54 Å². The molecule has 1 aromatic rings. The van der Waals surface area contributed by atoms with E-state index in [1.807, 2.05) is 0 Å². The zero-order valence-corrected chi connectivity index (χ0v) is 13.5. The van der Waals surface area contributed by atoms with Crippen molar-refractivity contribution in [1.82, 2.24) is 10.6 Å². The van der Waals surface area contributed by atoms with Gasteiger partial charge >= 0.3 is 0 Å². The molecule has 0 aliphatic rings. The Balaban J connectivity index is 2.05. The van der Waals surface area contributed by atoms with Crippen LogP contribution in [0.15, 0.2) is 13.6 Å². The average Bonchev–Trinajstić information content (AvgIpc) is 2.56. The van der Waals surface area contributed by atoms with Crippen molar-refractivity contribution in [2.24, 2.45) is 0 Å². The van der Waals surface area contributed by atoms with Crippen molar-refractivity contribution in [1.29, 1.82) is 0 Å². The van der Waals surface area contributed by atoms with Crippen molar-refractivity contribution in [3.63, 3.8) is 0 Å². The van der Waals surface area contributed by atoms with E-state index < -0.39 is 0 Å². The number of thiophene rings is 1. The summed E-state index contributed by atoms with van der Waals surface area (Å²) in [5, 5.41) is 6.84.